The Morgan fingerprint density at radius 2 is 2.11 bits per heavy atom. The smallest absolute Gasteiger partial charge is 0.344 e. The molecule has 1 heterocycles. The molecule has 1 atom stereocenters. The molecule has 2 amide bonds. The van der Waals surface area contributed by atoms with Crippen molar-refractivity contribution in [2.45, 2.75) is 25.1 Å². The Bertz CT molecular complexity index is 514. The Balaban J connectivity index is 2.07. The van der Waals surface area contributed by atoms with E-state index in [-0.39, 0.29) is 18.0 Å². The monoisotopic (exact) mass is 272 g/mol. The van der Waals surface area contributed by atoms with Crippen LogP contribution in [-0.4, -0.2) is 17.9 Å². The van der Waals surface area contributed by atoms with Crippen LogP contribution in [0.4, 0.5) is 18.9 Å². The number of amides is 2. The second-order valence-corrected chi connectivity index (χ2v) is 4.23. The van der Waals surface area contributed by atoms with Crippen LogP contribution in [0.15, 0.2) is 24.3 Å². The van der Waals surface area contributed by atoms with Gasteiger partial charge in [-0.05, 0) is 24.6 Å². The van der Waals surface area contributed by atoms with Crippen LogP contribution in [-0.2, 0) is 15.8 Å². The number of halogens is 3. The Kier molecular flexibility index (Phi) is 3.46. The summed E-state index contributed by atoms with van der Waals surface area (Å²) in [5.41, 5.74) is -0.776. The Morgan fingerprint density at radius 3 is 2.68 bits per heavy atom. The van der Waals surface area contributed by atoms with Gasteiger partial charge in [-0.2, -0.15) is 13.2 Å². The van der Waals surface area contributed by atoms with Gasteiger partial charge in [-0.3, -0.25) is 9.59 Å². The molecule has 7 heteroatoms. The molecule has 0 aromatic heterocycles. The predicted molar refractivity (Wildman–Crippen MR) is 61.2 cm³/mol. The summed E-state index contributed by atoms with van der Waals surface area (Å²) in [5, 5.41) is 4.81. The lowest BCUT2D eigenvalue weighted by atomic mass is 10.1. The van der Waals surface area contributed by atoms with E-state index >= 15 is 0 Å². The molecule has 0 unspecified atom stereocenters. The maximum absolute atomic E-state index is 12.5. The van der Waals surface area contributed by atoms with E-state index < -0.39 is 23.7 Å². The Labute approximate surface area is 107 Å². The van der Waals surface area contributed by atoms with E-state index in [0.29, 0.717) is 6.42 Å². The quantitative estimate of drug-likeness (QED) is 0.864. The maximum atomic E-state index is 12.5. The molecule has 2 rings (SSSR count). The average molecular weight is 272 g/mol. The molecule has 1 aromatic carbocycles. The zero-order chi connectivity index (χ0) is 14.0. The third kappa shape index (κ3) is 3.24. The number of carbonyl (C=O) groups excluding carboxylic acids is 2. The minimum Gasteiger partial charge on any atom is -0.344 e. The Morgan fingerprint density at radius 1 is 1.37 bits per heavy atom. The second kappa shape index (κ2) is 4.91. The first-order chi connectivity index (χ1) is 8.86. The van der Waals surface area contributed by atoms with Crippen molar-refractivity contribution in [3.8, 4) is 0 Å². The molecular formula is C12H11F3N2O2. The summed E-state index contributed by atoms with van der Waals surface area (Å²) >= 11 is 0. The number of hydrogen-bond acceptors (Lipinski definition) is 2. The van der Waals surface area contributed by atoms with Gasteiger partial charge in [0.05, 0.1) is 5.56 Å². The first-order valence-electron chi connectivity index (χ1n) is 5.64. The number of rotatable bonds is 2. The van der Waals surface area contributed by atoms with Gasteiger partial charge < -0.3 is 10.6 Å². The summed E-state index contributed by atoms with van der Waals surface area (Å²) in [5.74, 6) is -0.741. The highest BCUT2D eigenvalue weighted by Gasteiger charge is 2.31. The molecule has 1 aliphatic rings. The van der Waals surface area contributed by atoms with Crippen molar-refractivity contribution in [2.24, 2.45) is 0 Å². The minimum atomic E-state index is -4.46. The van der Waals surface area contributed by atoms with Crippen LogP contribution in [0.2, 0.25) is 0 Å². The van der Waals surface area contributed by atoms with Gasteiger partial charge in [0.1, 0.15) is 6.04 Å². The lowest BCUT2D eigenvalue weighted by Crippen LogP contribution is -2.37. The van der Waals surface area contributed by atoms with E-state index in [2.05, 4.69) is 10.6 Å². The highest BCUT2D eigenvalue weighted by Crippen LogP contribution is 2.30. The van der Waals surface area contributed by atoms with E-state index in [1.165, 1.54) is 12.1 Å². The summed E-state index contributed by atoms with van der Waals surface area (Å²) in [6, 6.07) is 3.68. The highest BCUT2D eigenvalue weighted by atomic mass is 19.4. The van der Waals surface area contributed by atoms with Crippen LogP contribution in [0.25, 0.3) is 0 Å². The predicted octanol–water partition coefficient (Wildman–Crippen LogP) is 1.92. The fourth-order valence-corrected chi connectivity index (χ4v) is 1.81. The van der Waals surface area contributed by atoms with Crippen LogP contribution in [0.3, 0.4) is 0 Å². The molecule has 1 aliphatic heterocycles. The van der Waals surface area contributed by atoms with Gasteiger partial charge in [0.25, 0.3) is 0 Å². The number of hydrogen-bond donors (Lipinski definition) is 2. The molecule has 2 N–H and O–H groups in total. The van der Waals surface area contributed by atoms with Crippen LogP contribution < -0.4 is 10.6 Å². The van der Waals surface area contributed by atoms with E-state index in [0.717, 1.165) is 12.1 Å². The second-order valence-electron chi connectivity index (χ2n) is 4.23. The van der Waals surface area contributed by atoms with Gasteiger partial charge in [0, 0.05) is 12.1 Å². The van der Waals surface area contributed by atoms with E-state index in [4.69, 9.17) is 0 Å². The van der Waals surface area contributed by atoms with Crippen molar-refractivity contribution in [1.82, 2.24) is 5.32 Å². The zero-order valence-electron chi connectivity index (χ0n) is 9.75. The molecule has 1 saturated heterocycles. The molecule has 4 nitrogen and oxygen atoms in total. The molecule has 0 spiro atoms. The van der Waals surface area contributed by atoms with Crippen LogP contribution >= 0.6 is 0 Å². The average Bonchev–Trinajstić information content (AvgIpc) is 2.75. The Hall–Kier alpha value is -2.05. The first kappa shape index (κ1) is 13.4. The van der Waals surface area contributed by atoms with Gasteiger partial charge in [0.2, 0.25) is 11.8 Å². The summed E-state index contributed by atoms with van der Waals surface area (Å²) in [6.45, 7) is 0. The van der Waals surface area contributed by atoms with Crippen molar-refractivity contribution >= 4 is 17.5 Å². The van der Waals surface area contributed by atoms with Crippen molar-refractivity contribution in [1.29, 1.82) is 0 Å². The SMILES string of the molecule is O=C1CC[C@H](C(=O)Nc2cccc(C(F)(F)F)c2)N1. The first-order valence-corrected chi connectivity index (χ1v) is 5.64. The summed E-state index contributed by atoms with van der Waals surface area (Å²) < 4.78 is 37.5. The lowest BCUT2D eigenvalue weighted by molar-refractivity contribution is -0.137. The molecular weight excluding hydrogens is 261 g/mol. The van der Waals surface area contributed by atoms with Gasteiger partial charge in [0.15, 0.2) is 0 Å². The normalized spacial score (nSPS) is 19.1. The van der Waals surface area contributed by atoms with Crippen molar-refractivity contribution in [2.75, 3.05) is 5.32 Å². The molecule has 1 aromatic rings. The molecule has 102 valence electrons. The van der Waals surface area contributed by atoms with Gasteiger partial charge in [-0.1, -0.05) is 6.07 Å². The van der Waals surface area contributed by atoms with Gasteiger partial charge in [-0.15, -0.1) is 0 Å². The fraction of sp³-hybridized carbons (Fsp3) is 0.333. The fourth-order valence-electron chi connectivity index (χ4n) is 1.81. The number of nitrogens with one attached hydrogen (secondary N) is 2. The van der Waals surface area contributed by atoms with Crippen LogP contribution in [0.5, 0.6) is 0 Å². The number of benzene rings is 1. The minimum absolute atomic E-state index is 0.0565. The largest absolute Gasteiger partial charge is 0.416 e. The highest BCUT2D eigenvalue weighted by molar-refractivity contribution is 5.99. The van der Waals surface area contributed by atoms with Gasteiger partial charge in [-0.25, -0.2) is 0 Å². The number of alkyl halides is 3. The number of carbonyl (C=O) groups is 2. The van der Waals surface area contributed by atoms with E-state index in [1.807, 2.05) is 0 Å². The van der Waals surface area contributed by atoms with Crippen LogP contribution in [0, 0.1) is 0 Å². The maximum Gasteiger partial charge on any atom is 0.416 e. The summed E-state index contributed by atoms with van der Waals surface area (Å²) in [4.78, 5) is 22.7. The summed E-state index contributed by atoms with van der Waals surface area (Å²) in [6.07, 6.45) is -3.85. The zero-order valence-corrected chi connectivity index (χ0v) is 9.75. The van der Waals surface area contributed by atoms with Crippen molar-refractivity contribution < 1.29 is 22.8 Å². The molecule has 1 fully saturated rings. The summed E-state index contributed by atoms with van der Waals surface area (Å²) in [7, 11) is 0. The van der Waals surface area contributed by atoms with Crippen LogP contribution in [0.1, 0.15) is 18.4 Å². The third-order valence-electron chi connectivity index (χ3n) is 2.77. The third-order valence-corrected chi connectivity index (χ3v) is 2.77. The van der Waals surface area contributed by atoms with Crippen molar-refractivity contribution in [3.05, 3.63) is 29.8 Å². The van der Waals surface area contributed by atoms with Crippen molar-refractivity contribution in [3.63, 3.8) is 0 Å². The van der Waals surface area contributed by atoms with E-state index in [1.54, 1.807) is 0 Å². The van der Waals surface area contributed by atoms with E-state index in [9.17, 15) is 22.8 Å². The van der Waals surface area contributed by atoms with Gasteiger partial charge >= 0.3 is 6.18 Å². The molecule has 0 radical (unpaired) electrons. The standard InChI is InChI=1S/C12H11F3N2O2/c13-12(14,15)7-2-1-3-8(6-7)16-11(19)9-4-5-10(18)17-9/h1-3,6,9H,4-5H2,(H,16,19)(H,17,18)/t9-/m1/s1. The molecule has 0 bridgehead atoms. The molecule has 0 aliphatic carbocycles. The number of anilines is 1. The topological polar surface area (TPSA) is 58.2 Å². The molecule has 19 heavy (non-hydrogen) atoms. The molecule has 0 saturated carbocycles. The lowest BCUT2D eigenvalue weighted by Gasteiger charge is -2.12.